The largest absolute Gasteiger partial charge is 0.296 e. The van der Waals surface area contributed by atoms with Gasteiger partial charge in [0.2, 0.25) is 0 Å². The van der Waals surface area contributed by atoms with Crippen LogP contribution in [-0.2, 0) is 4.79 Å². The third-order valence-corrected chi connectivity index (χ3v) is 1.56. The highest BCUT2D eigenvalue weighted by atomic mass is 16.1. The summed E-state index contributed by atoms with van der Waals surface area (Å²) in [6, 6.07) is 0. The van der Waals surface area contributed by atoms with Gasteiger partial charge in [-0.2, -0.15) is 0 Å². The van der Waals surface area contributed by atoms with Gasteiger partial charge in [0, 0.05) is 0 Å². The summed E-state index contributed by atoms with van der Waals surface area (Å²) in [5.41, 5.74) is 0. The summed E-state index contributed by atoms with van der Waals surface area (Å²) < 4.78 is 0. The Morgan fingerprint density at radius 2 is 2.33 bits per heavy atom. The lowest BCUT2D eigenvalue weighted by Gasteiger charge is -2.29. The molecule has 0 unspecified atom stereocenters. The Bertz CT molecular complexity index is 127. The van der Waals surface area contributed by atoms with Crippen LogP contribution in [0.4, 0.5) is 0 Å². The topological polar surface area (TPSA) is 20.3 Å². The van der Waals surface area contributed by atoms with Crippen LogP contribution in [0.3, 0.4) is 0 Å². The van der Waals surface area contributed by atoms with Crippen molar-refractivity contribution in [3.8, 4) is 0 Å². The summed E-state index contributed by atoms with van der Waals surface area (Å²) in [4.78, 5) is 12.8. The predicted molar refractivity (Wildman–Crippen MR) is 36.3 cm³/mol. The van der Waals surface area contributed by atoms with E-state index >= 15 is 0 Å². The van der Waals surface area contributed by atoms with Gasteiger partial charge >= 0.3 is 0 Å². The molecular weight excluding hydrogens is 114 g/mol. The minimum absolute atomic E-state index is 0.134. The molecule has 0 aromatic rings. The lowest BCUT2D eigenvalue weighted by molar-refractivity contribution is -0.116. The van der Waals surface area contributed by atoms with Gasteiger partial charge in [-0.05, 0) is 25.6 Å². The van der Waals surface area contributed by atoms with Gasteiger partial charge in [-0.25, -0.2) is 0 Å². The molecule has 0 radical (unpaired) electrons. The Hall–Kier alpha value is -0.630. The third-order valence-electron chi connectivity index (χ3n) is 1.56. The molecule has 0 spiro atoms. The van der Waals surface area contributed by atoms with Crippen molar-refractivity contribution in [1.82, 2.24) is 4.90 Å². The Balaban J connectivity index is 2.16. The van der Waals surface area contributed by atoms with Crippen LogP contribution in [0, 0.1) is 0 Å². The normalized spacial score (nSPS) is 18.7. The molecule has 0 bridgehead atoms. The van der Waals surface area contributed by atoms with Crippen LogP contribution in [0.5, 0.6) is 0 Å². The smallest absolute Gasteiger partial charge is 0.169 e. The first-order valence-electron chi connectivity index (χ1n) is 3.20. The Morgan fingerprint density at radius 3 is 2.67 bits per heavy atom. The number of hydrogen-bond donors (Lipinski definition) is 0. The van der Waals surface area contributed by atoms with Crippen LogP contribution >= 0.6 is 0 Å². The molecule has 1 rings (SSSR count). The fourth-order valence-corrected chi connectivity index (χ4v) is 0.825. The van der Waals surface area contributed by atoms with E-state index in [9.17, 15) is 4.79 Å². The number of nitrogens with zero attached hydrogens (tertiary/aromatic N) is 1. The molecule has 1 saturated heterocycles. The molecule has 0 atom stereocenters. The Kier molecular flexibility index (Phi) is 2.01. The van der Waals surface area contributed by atoms with Crippen molar-refractivity contribution in [1.29, 1.82) is 0 Å². The van der Waals surface area contributed by atoms with E-state index in [1.165, 1.54) is 12.5 Å². The molecule has 0 aliphatic carbocycles. The zero-order valence-electron chi connectivity index (χ0n) is 5.47. The average Bonchev–Trinajstić information content (AvgIpc) is 1.78. The quantitative estimate of drug-likeness (QED) is 0.510. The van der Waals surface area contributed by atoms with E-state index in [2.05, 4.69) is 11.5 Å². The number of hydrogen-bond acceptors (Lipinski definition) is 2. The van der Waals surface area contributed by atoms with Crippen LogP contribution < -0.4 is 0 Å². The van der Waals surface area contributed by atoms with E-state index in [1.807, 2.05) is 0 Å². The molecule has 2 heteroatoms. The molecule has 1 aliphatic rings. The fourth-order valence-electron chi connectivity index (χ4n) is 0.825. The fraction of sp³-hybridized carbons (Fsp3) is 0.571. The van der Waals surface area contributed by atoms with E-state index in [0.717, 1.165) is 13.1 Å². The summed E-state index contributed by atoms with van der Waals surface area (Å²) in [5.74, 6) is 0.134. The van der Waals surface area contributed by atoms with Crippen LogP contribution in [-0.4, -0.2) is 30.3 Å². The molecule has 1 heterocycles. The van der Waals surface area contributed by atoms with E-state index < -0.39 is 0 Å². The van der Waals surface area contributed by atoms with E-state index in [-0.39, 0.29) is 5.78 Å². The minimum atomic E-state index is 0.134. The van der Waals surface area contributed by atoms with Crippen LogP contribution in [0.1, 0.15) is 6.42 Å². The van der Waals surface area contributed by atoms with Crippen molar-refractivity contribution in [3.63, 3.8) is 0 Å². The number of carbonyl (C=O) groups is 1. The average molecular weight is 125 g/mol. The van der Waals surface area contributed by atoms with Crippen molar-refractivity contribution in [2.24, 2.45) is 0 Å². The first-order valence-corrected chi connectivity index (χ1v) is 3.20. The van der Waals surface area contributed by atoms with Crippen LogP contribution in [0.25, 0.3) is 0 Å². The standard InChI is InChI=1S/C7H11NO/c1-2-7(9)6-8-4-3-5-8/h2H,1,3-6H2. The third kappa shape index (κ3) is 1.64. The summed E-state index contributed by atoms with van der Waals surface area (Å²) in [7, 11) is 0. The maximum absolute atomic E-state index is 10.7. The second kappa shape index (κ2) is 2.78. The van der Waals surface area contributed by atoms with E-state index in [4.69, 9.17) is 0 Å². The monoisotopic (exact) mass is 125 g/mol. The number of likely N-dealkylation sites (tertiary alicyclic amines) is 1. The van der Waals surface area contributed by atoms with Crippen LogP contribution in [0.15, 0.2) is 12.7 Å². The summed E-state index contributed by atoms with van der Waals surface area (Å²) >= 11 is 0. The highest BCUT2D eigenvalue weighted by Crippen LogP contribution is 2.03. The zero-order valence-corrected chi connectivity index (χ0v) is 5.47. The summed E-state index contributed by atoms with van der Waals surface area (Å²) in [6.07, 6.45) is 2.63. The van der Waals surface area contributed by atoms with Crippen LogP contribution in [0.2, 0.25) is 0 Å². The molecular formula is C7H11NO. The highest BCUT2D eigenvalue weighted by Gasteiger charge is 2.14. The Labute approximate surface area is 55.2 Å². The minimum Gasteiger partial charge on any atom is -0.296 e. The maximum atomic E-state index is 10.7. The molecule has 1 aliphatic heterocycles. The lowest BCUT2D eigenvalue weighted by atomic mass is 10.2. The van der Waals surface area contributed by atoms with Crippen molar-refractivity contribution in [2.75, 3.05) is 19.6 Å². The van der Waals surface area contributed by atoms with Crippen molar-refractivity contribution >= 4 is 5.78 Å². The predicted octanol–water partition coefficient (Wildman–Crippen LogP) is 0.447. The molecule has 0 aromatic heterocycles. The lowest BCUT2D eigenvalue weighted by Crippen LogP contribution is -2.40. The van der Waals surface area contributed by atoms with Gasteiger partial charge < -0.3 is 0 Å². The van der Waals surface area contributed by atoms with Crippen molar-refractivity contribution < 1.29 is 4.79 Å². The molecule has 1 fully saturated rings. The van der Waals surface area contributed by atoms with Crippen molar-refractivity contribution in [3.05, 3.63) is 12.7 Å². The van der Waals surface area contributed by atoms with Gasteiger partial charge in [0.05, 0.1) is 6.54 Å². The first kappa shape index (κ1) is 6.49. The SMILES string of the molecule is C=CC(=O)CN1CCC1. The second-order valence-corrected chi connectivity index (χ2v) is 2.30. The molecule has 0 saturated carbocycles. The Morgan fingerprint density at radius 1 is 1.67 bits per heavy atom. The number of ketones is 1. The number of rotatable bonds is 3. The molecule has 50 valence electrons. The second-order valence-electron chi connectivity index (χ2n) is 2.30. The molecule has 2 nitrogen and oxygen atoms in total. The van der Waals surface area contributed by atoms with Crippen molar-refractivity contribution in [2.45, 2.75) is 6.42 Å². The van der Waals surface area contributed by atoms with Gasteiger partial charge in [0.15, 0.2) is 5.78 Å². The molecule has 0 amide bonds. The number of carbonyl (C=O) groups excluding carboxylic acids is 1. The van der Waals surface area contributed by atoms with Gasteiger partial charge in [-0.15, -0.1) is 0 Å². The molecule has 9 heavy (non-hydrogen) atoms. The summed E-state index contributed by atoms with van der Waals surface area (Å²) in [5, 5.41) is 0. The highest BCUT2D eigenvalue weighted by molar-refractivity contribution is 5.90. The molecule has 0 N–H and O–H groups in total. The maximum Gasteiger partial charge on any atom is 0.169 e. The van der Waals surface area contributed by atoms with Gasteiger partial charge in [-0.1, -0.05) is 6.58 Å². The van der Waals surface area contributed by atoms with Gasteiger partial charge in [-0.3, -0.25) is 9.69 Å². The van der Waals surface area contributed by atoms with E-state index in [1.54, 1.807) is 0 Å². The summed E-state index contributed by atoms with van der Waals surface area (Å²) in [6.45, 7) is 6.13. The van der Waals surface area contributed by atoms with E-state index in [0.29, 0.717) is 6.54 Å². The van der Waals surface area contributed by atoms with Gasteiger partial charge in [0.1, 0.15) is 0 Å². The van der Waals surface area contributed by atoms with Gasteiger partial charge in [0.25, 0.3) is 0 Å². The first-order chi connectivity index (χ1) is 4.33. The zero-order chi connectivity index (χ0) is 6.69. The molecule has 0 aromatic carbocycles.